The van der Waals surface area contributed by atoms with Crippen LogP contribution in [0.15, 0.2) is 73.2 Å². The molecule has 5 rings (SSSR count). The lowest BCUT2D eigenvalue weighted by molar-refractivity contribution is 0.150. The van der Waals surface area contributed by atoms with Crippen LogP contribution in [0.3, 0.4) is 0 Å². The molecule has 2 aromatic carbocycles. The normalized spacial score (nSPS) is 15.4. The minimum Gasteiger partial charge on any atom is -0.469 e. The van der Waals surface area contributed by atoms with Gasteiger partial charge in [-0.15, -0.1) is 0 Å². The van der Waals surface area contributed by atoms with E-state index in [1.165, 1.54) is 12.1 Å². The van der Waals surface area contributed by atoms with Gasteiger partial charge >= 0.3 is 0 Å². The molecule has 0 radical (unpaired) electrons. The number of benzene rings is 2. The number of ether oxygens (including phenoxy) is 1. The zero-order valence-electron chi connectivity index (χ0n) is 19.3. The van der Waals surface area contributed by atoms with Crippen molar-refractivity contribution in [3.63, 3.8) is 0 Å². The Morgan fingerprint density at radius 1 is 1.17 bits per heavy atom. The first-order valence-electron chi connectivity index (χ1n) is 11.5. The number of hydrogen-bond donors (Lipinski definition) is 2. The highest BCUT2D eigenvalue weighted by Crippen LogP contribution is 2.34. The highest BCUT2D eigenvalue weighted by molar-refractivity contribution is 5.69. The molecule has 176 valence electrons. The maximum atomic E-state index is 13.6. The molecule has 3 heterocycles. The average Bonchev–Trinajstić information content (AvgIpc) is 3.33. The molecule has 0 fully saturated rings. The Kier molecular flexibility index (Phi) is 6.42. The van der Waals surface area contributed by atoms with Gasteiger partial charge in [-0.05, 0) is 54.4 Å². The summed E-state index contributed by atoms with van der Waals surface area (Å²) >= 11 is 0. The van der Waals surface area contributed by atoms with Crippen molar-refractivity contribution in [2.45, 2.75) is 18.6 Å². The van der Waals surface area contributed by atoms with E-state index in [0.717, 1.165) is 34.4 Å². The number of nitrogens with zero attached hydrogens (tertiary/aromatic N) is 4. The van der Waals surface area contributed by atoms with Gasteiger partial charge in [-0.2, -0.15) is 10.4 Å². The van der Waals surface area contributed by atoms with Crippen molar-refractivity contribution in [1.82, 2.24) is 20.1 Å². The number of halogens is 1. The molecule has 0 aliphatic carbocycles. The Morgan fingerprint density at radius 3 is 2.69 bits per heavy atom. The van der Waals surface area contributed by atoms with Gasteiger partial charge in [0.15, 0.2) is 0 Å². The molecular weight excluding hydrogens is 443 g/mol. The lowest BCUT2D eigenvalue weighted by Gasteiger charge is -2.33. The zero-order chi connectivity index (χ0) is 24.2. The number of hydrogen-bond acceptors (Lipinski definition) is 6. The van der Waals surface area contributed by atoms with E-state index in [1.807, 2.05) is 43.6 Å². The second-order valence-electron chi connectivity index (χ2n) is 8.56. The molecule has 0 saturated heterocycles. The summed E-state index contributed by atoms with van der Waals surface area (Å²) in [5, 5.41) is 20.3. The number of fused-ring (bicyclic) bond motifs is 1. The van der Waals surface area contributed by atoms with Gasteiger partial charge in [0.1, 0.15) is 11.9 Å². The first-order valence-corrected chi connectivity index (χ1v) is 11.5. The monoisotopic (exact) mass is 468 g/mol. The van der Waals surface area contributed by atoms with E-state index in [-0.39, 0.29) is 18.0 Å². The molecular formula is C27H25FN6O. The molecule has 35 heavy (non-hydrogen) atoms. The maximum absolute atomic E-state index is 13.6. The number of nitriles is 1. The van der Waals surface area contributed by atoms with Crippen molar-refractivity contribution >= 4 is 5.69 Å². The summed E-state index contributed by atoms with van der Waals surface area (Å²) in [6, 6.07) is 18.1. The fourth-order valence-electron chi connectivity index (χ4n) is 4.23. The summed E-state index contributed by atoms with van der Waals surface area (Å²) in [4.78, 5) is 4.55. The Morgan fingerprint density at radius 2 is 1.97 bits per heavy atom. The molecule has 0 amide bonds. The van der Waals surface area contributed by atoms with Crippen LogP contribution in [-0.4, -0.2) is 34.0 Å². The number of pyridine rings is 1. The molecule has 2 aromatic heterocycles. The standard InChI is InChI=1S/C27H25FN6O/c1-34-17-22(15-33-34)21-12-24-27(32-14-21)35-25(16-31-24)26(20-6-8-23(28)9-7-20)30-11-10-18-2-4-19(13-29)5-3-18/h2-9,12,14-15,17,25-26,30-31H,10-11,16H2,1H3/t25-,26-/m1/s1. The van der Waals surface area contributed by atoms with Crippen LogP contribution in [0.5, 0.6) is 5.88 Å². The Labute approximate surface area is 203 Å². The lowest BCUT2D eigenvalue weighted by atomic mass is 9.99. The molecule has 0 spiro atoms. The number of rotatable bonds is 7. The number of anilines is 1. The minimum atomic E-state index is -0.275. The molecule has 0 bridgehead atoms. The second kappa shape index (κ2) is 9.95. The predicted molar refractivity (Wildman–Crippen MR) is 131 cm³/mol. The Bertz CT molecular complexity index is 1340. The summed E-state index contributed by atoms with van der Waals surface area (Å²) < 4.78 is 21.7. The van der Waals surface area contributed by atoms with Crippen LogP contribution >= 0.6 is 0 Å². The number of aromatic nitrogens is 3. The molecule has 0 saturated carbocycles. The van der Waals surface area contributed by atoms with E-state index in [0.29, 0.717) is 24.5 Å². The molecule has 2 atom stereocenters. The summed E-state index contributed by atoms with van der Waals surface area (Å²) in [6.07, 6.45) is 6.07. The van der Waals surface area contributed by atoms with Crippen LogP contribution in [-0.2, 0) is 13.5 Å². The molecule has 1 aliphatic rings. The van der Waals surface area contributed by atoms with E-state index in [1.54, 1.807) is 29.2 Å². The average molecular weight is 469 g/mol. The van der Waals surface area contributed by atoms with Crippen molar-refractivity contribution < 1.29 is 9.13 Å². The molecule has 1 aliphatic heterocycles. The van der Waals surface area contributed by atoms with Gasteiger partial charge < -0.3 is 15.4 Å². The second-order valence-corrected chi connectivity index (χ2v) is 8.56. The fourth-order valence-corrected chi connectivity index (χ4v) is 4.23. The minimum absolute atomic E-state index is 0.172. The van der Waals surface area contributed by atoms with Crippen LogP contribution in [0.2, 0.25) is 0 Å². The van der Waals surface area contributed by atoms with Gasteiger partial charge in [-0.1, -0.05) is 24.3 Å². The molecule has 8 heteroatoms. The third-order valence-corrected chi connectivity index (χ3v) is 6.11. The van der Waals surface area contributed by atoms with Crippen molar-refractivity contribution in [3.05, 3.63) is 95.7 Å². The summed E-state index contributed by atoms with van der Waals surface area (Å²) in [5.41, 5.74) is 5.49. The van der Waals surface area contributed by atoms with Gasteiger partial charge in [0, 0.05) is 30.6 Å². The highest BCUT2D eigenvalue weighted by Gasteiger charge is 2.29. The highest BCUT2D eigenvalue weighted by atomic mass is 19.1. The summed E-state index contributed by atoms with van der Waals surface area (Å²) in [6.45, 7) is 1.26. The molecule has 4 aromatic rings. The van der Waals surface area contributed by atoms with Crippen molar-refractivity contribution in [3.8, 4) is 23.1 Å². The van der Waals surface area contributed by atoms with Crippen LogP contribution < -0.4 is 15.4 Å². The van der Waals surface area contributed by atoms with Gasteiger partial charge in [0.2, 0.25) is 5.88 Å². The number of aryl methyl sites for hydroxylation is 1. The SMILES string of the molecule is Cn1cc(-c2cnc3c(c2)NC[C@H]([C@H](NCCc2ccc(C#N)cc2)c2ccc(F)cc2)O3)cn1. The third-order valence-electron chi connectivity index (χ3n) is 6.11. The molecule has 7 nitrogen and oxygen atoms in total. The van der Waals surface area contributed by atoms with Gasteiger partial charge in [0.25, 0.3) is 0 Å². The van der Waals surface area contributed by atoms with Crippen LogP contribution in [0, 0.1) is 17.1 Å². The zero-order valence-corrected chi connectivity index (χ0v) is 19.3. The van der Waals surface area contributed by atoms with E-state index in [2.05, 4.69) is 26.8 Å². The van der Waals surface area contributed by atoms with Gasteiger partial charge in [-0.25, -0.2) is 9.37 Å². The van der Waals surface area contributed by atoms with Crippen molar-refractivity contribution in [1.29, 1.82) is 5.26 Å². The van der Waals surface area contributed by atoms with Gasteiger partial charge in [-0.3, -0.25) is 4.68 Å². The van der Waals surface area contributed by atoms with E-state index < -0.39 is 0 Å². The lowest BCUT2D eigenvalue weighted by Crippen LogP contribution is -2.43. The van der Waals surface area contributed by atoms with Crippen LogP contribution in [0.1, 0.15) is 22.7 Å². The van der Waals surface area contributed by atoms with E-state index in [9.17, 15) is 4.39 Å². The molecule has 0 unspecified atom stereocenters. The first kappa shape index (κ1) is 22.6. The van der Waals surface area contributed by atoms with Crippen molar-refractivity contribution in [2.75, 3.05) is 18.4 Å². The number of nitrogens with one attached hydrogen (secondary N) is 2. The smallest absolute Gasteiger partial charge is 0.237 e. The van der Waals surface area contributed by atoms with E-state index in [4.69, 9.17) is 10.00 Å². The van der Waals surface area contributed by atoms with Crippen LogP contribution in [0.25, 0.3) is 11.1 Å². The van der Waals surface area contributed by atoms with Crippen molar-refractivity contribution in [2.24, 2.45) is 7.05 Å². The van der Waals surface area contributed by atoms with Gasteiger partial charge in [0.05, 0.1) is 36.1 Å². The summed E-state index contributed by atoms with van der Waals surface area (Å²) in [7, 11) is 1.88. The maximum Gasteiger partial charge on any atom is 0.237 e. The van der Waals surface area contributed by atoms with E-state index >= 15 is 0 Å². The Hall–Kier alpha value is -4.22. The predicted octanol–water partition coefficient (Wildman–Crippen LogP) is 4.24. The first-order chi connectivity index (χ1) is 17.1. The topological polar surface area (TPSA) is 87.8 Å². The molecule has 2 N–H and O–H groups in total. The fraction of sp³-hybridized carbons (Fsp3) is 0.222. The third kappa shape index (κ3) is 5.15. The largest absolute Gasteiger partial charge is 0.469 e. The quantitative estimate of drug-likeness (QED) is 0.422. The summed E-state index contributed by atoms with van der Waals surface area (Å²) in [5.74, 6) is 0.262. The van der Waals surface area contributed by atoms with Crippen LogP contribution in [0.4, 0.5) is 10.1 Å². The Balaban J connectivity index is 1.32.